The SMILES string of the molecule is COc1ccc2nc(CCNC(=O)COc3c(C)cccc3C)[nH]c2c1. The van der Waals surface area contributed by atoms with Gasteiger partial charge < -0.3 is 19.8 Å². The van der Waals surface area contributed by atoms with Crippen LogP contribution in [-0.4, -0.2) is 36.1 Å². The molecule has 6 heteroatoms. The number of fused-ring (bicyclic) bond motifs is 1. The number of carbonyl (C=O) groups excluding carboxylic acids is 1. The summed E-state index contributed by atoms with van der Waals surface area (Å²) in [4.78, 5) is 19.8. The van der Waals surface area contributed by atoms with Crippen LogP contribution >= 0.6 is 0 Å². The molecule has 1 amide bonds. The maximum Gasteiger partial charge on any atom is 0.257 e. The summed E-state index contributed by atoms with van der Waals surface area (Å²) in [6, 6.07) is 11.6. The number of benzene rings is 2. The summed E-state index contributed by atoms with van der Waals surface area (Å²) < 4.78 is 10.9. The number of nitrogens with one attached hydrogen (secondary N) is 2. The maximum atomic E-state index is 12.0. The van der Waals surface area contributed by atoms with Crippen molar-refractivity contribution in [3.8, 4) is 11.5 Å². The van der Waals surface area contributed by atoms with Crippen molar-refractivity contribution in [3.05, 3.63) is 53.3 Å². The van der Waals surface area contributed by atoms with Crippen molar-refractivity contribution in [1.82, 2.24) is 15.3 Å². The van der Waals surface area contributed by atoms with Crippen LogP contribution in [0.5, 0.6) is 11.5 Å². The molecule has 1 aromatic heterocycles. The maximum absolute atomic E-state index is 12.0. The predicted molar refractivity (Wildman–Crippen MR) is 101 cm³/mol. The second kappa shape index (κ2) is 7.91. The van der Waals surface area contributed by atoms with Gasteiger partial charge in [-0.05, 0) is 37.1 Å². The van der Waals surface area contributed by atoms with E-state index in [1.54, 1.807) is 7.11 Å². The van der Waals surface area contributed by atoms with Crippen LogP contribution in [0, 0.1) is 13.8 Å². The van der Waals surface area contributed by atoms with Gasteiger partial charge in [0.15, 0.2) is 6.61 Å². The Kier molecular flexibility index (Phi) is 5.41. The largest absolute Gasteiger partial charge is 0.497 e. The Morgan fingerprint density at radius 2 is 1.96 bits per heavy atom. The molecule has 0 bridgehead atoms. The Hall–Kier alpha value is -3.02. The van der Waals surface area contributed by atoms with Crippen molar-refractivity contribution in [2.24, 2.45) is 0 Å². The smallest absolute Gasteiger partial charge is 0.257 e. The van der Waals surface area contributed by atoms with Crippen LogP contribution in [0.2, 0.25) is 0 Å². The third-order valence-electron chi connectivity index (χ3n) is 4.18. The molecular weight excluding hydrogens is 330 g/mol. The molecule has 0 aliphatic heterocycles. The second-order valence-electron chi connectivity index (χ2n) is 6.18. The van der Waals surface area contributed by atoms with E-state index in [0.717, 1.165) is 39.5 Å². The Bertz CT molecular complexity index is 898. The van der Waals surface area contributed by atoms with Crippen LogP contribution in [0.3, 0.4) is 0 Å². The average molecular weight is 353 g/mol. The lowest BCUT2D eigenvalue weighted by Gasteiger charge is -2.11. The fourth-order valence-electron chi connectivity index (χ4n) is 2.82. The zero-order chi connectivity index (χ0) is 18.5. The van der Waals surface area contributed by atoms with Crippen molar-refractivity contribution < 1.29 is 14.3 Å². The van der Waals surface area contributed by atoms with Gasteiger partial charge in [-0.3, -0.25) is 4.79 Å². The van der Waals surface area contributed by atoms with Crippen molar-refractivity contribution in [3.63, 3.8) is 0 Å². The zero-order valence-corrected chi connectivity index (χ0v) is 15.3. The molecule has 3 aromatic rings. The van der Waals surface area contributed by atoms with E-state index in [1.807, 2.05) is 50.2 Å². The Morgan fingerprint density at radius 3 is 2.69 bits per heavy atom. The summed E-state index contributed by atoms with van der Waals surface area (Å²) in [5.74, 6) is 2.23. The van der Waals surface area contributed by atoms with Gasteiger partial charge in [-0.15, -0.1) is 0 Å². The number of amides is 1. The first-order chi connectivity index (χ1) is 12.6. The molecule has 0 aliphatic carbocycles. The molecule has 0 unspecified atom stereocenters. The van der Waals surface area contributed by atoms with Crippen LogP contribution in [0.1, 0.15) is 17.0 Å². The number of para-hydroxylation sites is 1. The third-order valence-corrected chi connectivity index (χ3v) is 4.18. The van der Waals surface area contributed by atoms with Gasteiger partial charge in [0.2, 0.25) is 0 Å². The Balaban J connectivity index is 1.49. The molecule has 3 rings (SSSR count). The number of methoxy groups -OCH3 is 1. The summed E-state index contributed by atoms with van der Waals surface area (Å²) >= 11 is 0. The summed E-state index contributed by atoms with van der Waals surface area (Å²) in [6.45, 7) is 4.43. The number of nitrogens with zero attached hydrogens (tertiary/aromatic N) is 1. The van der Waals surface area contributed by atoms with Crippen LogP contribution in [0.4, 0.5) is 0 Å². The predicted octanol–water partition coefficient (Wildman–Crippen LogP) is 2.93. The van der Waals surface area contributed by atoms with E-state index in [1.165, 1.54) is 0 Å². The summed E-state index contributed by atoms with van der Waals surface area (Å²) in [5, 5.41) is 2.86. The van der Waals surface area contributed by atoms with E-state index < -0.39 is 0 Å². The summed E-state index contributed by atoms with van der Waals surface area (Å²) in [6.07, 6.45) is 0.617. The number of hydrogen-bond acceptors (Lipinski definition) is 4. The molecule has 0 radical (unpaired) electrons. The van der Waals surface area contributed by atoms with Gasteiger partial charge in [0.05, 0.1) is 18.1 Å². The lowest BCUT2D eigenvalue weighted by molar-refractivity contribution is -0.123. The van der Waals surface area contributed by atoms with Gasteiger partial charge in [0.25, 0.3) is 5.91 Å². The molecular formula is C20H23N3O3. The van der Waals surface area contributed by atoms with Gasteiger partial charge >= 0.3 is 0 Å². The Labute approximate surface area is 152 Å². The van der Waals surface area contributed by atoms with E-state index in [2.05, 4.69) is 15.3 Å². The highest BCUT2D eigenvalue weighted by Gasteiger charge is 2.08. The molecule has 0 aliphatic rings. The molecule has 1 heterocycles. The highest BCUT2D eigenvalue weighted by Crippen LogP contribution is 2.22. The van der Waals surface area contributed by atoms with Crippen molar-refractivity contribution >= 4 is 16.9 Å². The number of hydrogen-bond donors (Lipinski definition) is 2. The van der Waals surface area contributed by atoms with Gasteiger partial charge in [-0.25, -0.2) is 4.98 Å². The molecule has 0 saturated heterocycles. The fraction of sp³-hybridized carbons (Fsp3) is 0.300. The van der Waals surface area contributed by atoms with Crippen molar-refractivity contribution in [2.75, 3.05) is 20.3 Å². The molecule has 0 spiro atoms. The van der Waals surface area contributed by atoms with Crippen LogP contribution in [0.15, 0.2) is 36.4 Å². The zero-order valence-electron chi connectivity index (χ0n) is 15.3. The molecule has 2 aromatic carbocycles. The minimum atomic E-state index is -0.148. The minimum absolute atomic E-state index is 0.00300. The van der Waals surface area contributed by atoms with Crippen LogP contribution < -0.4 is 14.8 Å². The topological polar surface area (TPSA) is 76.2 Å². The molecule has 136 valence electrons. The van der Waals surface area contributed by atoms with Crippen LogP contribution in [0.25, 0.3) is 11.0 Å². The number of imidazole rings is 1. The highest BCUT2D eigenvalue weighted by atomic mass is 16.5. The van der Waals surface area contributed by atoms with Crippen molar-refractivity contribution in [1.29, 1.82) is 0 Å². The monoisotopic (exact) mass is 353 g/mol. The number of H-pyrrole nitrogens is 1. The number of aromatic nitrogens is 2. The normalized spacial score (nSPS) is 10.7. The first-order valence-electron chi connectivity index (χ1n) is 8.55. The van der Waals surface area contributed by atoms with Crippen molar-refractivity contribution in [2.45, 2.75) is 20.3 Å². The summed E-state index contributed by atoms with van der Waals surface area (Å²) in [7, 11) is 1.63. The van der Waals surface area contributed by atoms with Crippen LogP contribution in [-0.2, 0) is 11.2 Å². The highest BCUT2D eigenvalue weighted by molar-refractivity contribution is 5.78. The Morgan fingerprint density at radius 1 is 1.19 bits per heavy atom. The van der Waals surface area contributed by atoms with E-state index in [9.17, 15) is 4.79 Å². The van der Waals surface area contributed by atoms with E-state index in [-0.39, 0.29) is 12.5 Å². The lowest BCUT2D eigenvalue weighted by atomic mass is 10.1. The molecule has 26 heavy (non-hydrogen) atoms. The first-order valence-corrected chi connectivity index (χ1v) is 8.55. The van der Waals surface area contributed by atoms with Gasteiger partial charge in [0.1, 0.15) is 17.3 Å². The quantitative estimate of drug-likeness (QED) is 0.685. The number of ether oxygens (including phenoxy) is 2. The minimum Gasteiger partial charge on any atom is -0.497 e. The fourth-order valence-corrected chi connectivity index (χ4v) is 2.82. The first kappa shape index (κ1) is 17.8. The van der Waals surface area contributed by atoms with E-state index in [0.29, 0.717) is 13.0 Å². The second-order valence-corrected chi connectivity index (χ2v) is 6.18. The molecule has 0 saturated carbocycles. The van der Waals surface area contributed by atoms with E-state index >= 15 is 0 Å². The number of carbonyl (C=O) groups is 1. The lowest BCUT2D eigenvalue weighted by Crippen LogP contribution is -2.30. The molecule has 0 atom stereocenters. The van der Waals surface area contributed by atoms with E-state index in [4.69, 9.17) is 9.47 Å². The molecule has 0 fully saturated rings. The van der Waals surface area contributed by atoms with Gasteiger partial charge in [-0.2, -0.15) is 0 Å². The number of aryl methyl sites for hydroxylation is 2. The summed E-state index contributed by atoms with van der Waals surface area (Å²) in [5.41, 5.74) is 3.85. The molecule has 2 N–H and O–H groups in total. The number of aromatic amines is 1. The van der Waals surface area contributed by atoms with Gasteiger partial charge in [-0.1, -0.05) is 18.2 Å². The molecule has 6 nitrogen and oxygen atoms in total. The number of rotatable bonds is 7. The average Bonchev–Trinajstić information content (AvgIpc) is 3.03. The van der Waals surface area contributed by atoms with Gasteiger partial charge in [0, 0.05) is 19.0 Å². The standard InChI is InChI=1S/C20H23N3O3/c1-13-5-4-6-14(2)20(13)26-12-19(24)21-10-9-18-22-16-8-7-15(25-3)11-17(16)23-18/h4-8,11H,9-10,12H2,1-3H3,(H,21,24)(H,22,23). The third kappa shape index (κ3) is 4.14.